The summed E-state index contributed by atoms with van der Waals surface area (Å²) < 4.78 is 43.5. The van der Waals surface area contributed by atoms with Crippen LogP contribution in [0.15, 0.2) is 18.2 Å². The second-order valence-corrected chi connectivity index (χ2v) is 6.65. The van der Waals surface area contributed by atoms with E-state index in [0.29, 0.717) is 6.07 Å². The molecule has 0 spiro atoms. The molecule has 1 aliphatic heterocycles. The van der Waals surface area contributed by atoms with E-state index in [1.54, 1.807) is 5.32 Å². The number of primary amides is 1. The number of esters is 1. The lowest BCUT2D eigenvalue weighted by Gasteiger charge is -2.32. The lowest BCUT2D eigenvalue weighted by molar-refractivity contribution is -0.384. The maximum Gasteiger partial charge on any atom is 0.416 e. The van der Waals surface area contributed by atoms with Gasteiger partial charge >= 0.3 is 18.2 Å². The number of hydrogen-bond donors (Lipinski definition) is 2. The number of carbonyl (C=O) groups is 3. The average Bonchev–Trinajstić information content (AvgIpc) is 2.66. The number of rotatable bonds is 5. The Morgan fingerprint density at radius 3 is 2.40 bits per heavy atom. The lowest BCUT2D eigenvalue weighted by atomic mass is 9.96. The molecule has 1 heterocycles. The van der Waals surface area contributed by atoms with Gasteiger partial charge in [0.15, 0.2) is 6.10 Å². The molecule has 1 unspecified atom stereocenters. The molecule has 0 bridgehead atoms. The van der Waals surface area contributed by atoms with Crippen LogP contribution in [0.4, 0.5) is 29.3 Å². The number of benzene rings is 1. The number of nitro benzene ring substituents is 1. The normalized spacial score (nSPS) is 15.9. The molecular weight excluding hydrogens is 413 g/mol. The molecular formula is C17H19F3N4O6. The average molecular weight is 432 g/mol. The van der Waals surface area contributed by atoms with Crippen molar-refractivity contribution in [3.63, 3.8) is 0 Å². The van der Waals surface area contributed by atoms with Crippen molar-refractivity contribution in [2.75, 3.05) is 18.0 Å². The van der Waals surface area contributed by atoms with E-state index in [4.69, 9.17) is 10.5 Å². The van der Waals surface area contributed by atoms with Crippen molar-refractivity contribution in [3.8, 4) is 0 Å². The number of nitro groups is 1. The molecule has 1 saturated heterocycles. The number of urea groups is 1. The minimum absolute atomic E-state index is 0.0222. The summed E-state index contributed by atoms with van der Waals surface area (Å²) in [4.78, 5) is 46.3. The highest BCUT2D eigenvalue weighted by atomic mass is 19.4. The molecule has 1 aromatic rings. The van der Waals surface area contributed by atoms with Crippen molar-refractivity contribution in [2.24, 2.45) is 11.7 Å². The van der Waals surface area contributed by atoms with Crippen LogP contribution in [0.1, 0.15) is 25.3 Å². The standard InChI is InChI=1S/C17H19F3N4O6/c1-9(14(25)22-16(21)27)30-15(26)10-4-6-23(7-5-10)12-3-2-11(17(18,19)20)8-13(12)24(28)29/h2-3,8-10H,4-7H2,1H3,(H3,21,22,25,27). The third-order valence-corrected chi connectivity index (χ3v) is 4.58. The zero-order valence-corrected chi connectivity index (χ0v) is 15.8. The maximum atomic E-state index is 12.8. The monoisotopic (exact) mass is 432 g/mol. The third-order valence-electron chi connectivity index (χ3n) is 4.58. The zero-order valence-electron chi connectivity index (χ0n) is 15.8. The van der Waals surface area contributed by atoms with Crippen molar-refractivity contribution < 1.29 is 37.2 Å². The maximum absolute atomic E-state index is 12.8. The number of nitrogens with two attached hydrogens (primary N) is 1. The largest absolute Gasteiger partial charge is 0.452 e. The first-order chi connectivity index (χ1) is 13.9. The van der Waals surface area contributed by atoms with Gasteiger partial charge in [-0.3, -0.25) is 25.0 Å². The molecule has 13 heteroatoms. The van der Waals surface area contributed by atoms with Crippen LogP contribution >= 0.6 is 0 Å². The summed E-state index contributed by atoms with van der Waals surface area (Å²) in [6.45, 7) is 1.58. The van der Waals surface area contributed by atoms with Gasteiger partial charge in [-0.05, 0) is 31.9 Å². The van der Waals surface area contributed by atoms with Gasteiger partial charge in [0.2, 0.25) is 0 Å². The summed E-state index contributed by atoms with van der Waals surface area (Å²) in [6.07, 6.45) is -5.54. The number of halogens is 3. The van der Waals surface area contributed by atoms with Gasteiger partial charge in [0.1, 0.15) is 5.69 Å². The second-order valence-electron chi connectivity index (χ2n) is 6.65. The van der Waals surface area contributed by atoms with Crippen LogP contribution in [0.5, 0.6) is 0 Å². The van der Waals surface area contributed by atoms with Gasteiger partial charge in [-0.2, -0.15) is 13.2 Å². The van der Waals surface area contributed by atoms with Crippen LogP contribution in [0.3, 0.4) is 0 Å². The SMILES string of the molecule is CC(OC(=O)C1CCN(c2ccc(C(F)(F)F)cc2[N+](=O)[O-])CC1)C(=O)NC(N)=O. The Balaban J connectivity index is 2.03. The Labute approximate surface area is 168 Å². The smallest absolute Gasteiger partial charge is 0.416 e. The fraction of sp³-hybridized carbons (Fsp3) is 0.471. The van der Waals surface area contributed by atoms with Crippen LogP contribution in [0, 0.1) is 16.0 Å². The Morgan fingerprint density at radius 2 is 1.90 bits per heavy atom. The van der Waals surface area contributed by atoms with Crippen LogP contribution in [0.2, 0.25) is 0 Å². The first kappa shape index (κ1) is 22.9. The van der Waals surface area contributed by atoms with Crippen molar-refractivity contribution in [1.82, 2.24) is 5.32 Å². The number of nitrogens with zero attached hydrogens (tertiary/aromatic N) is 2. The van der Waals surface area contributed by atoms with Gasteiger partial charge in [-0.25, -0.2) is 4.79 Å². The van der Waals surface area contributed by atoms with Gasteiger partial charge in [0.05, 0.1) is 16.4 Å². The molecule has 1 aliphatic rings. The zero-order chi connectivity index (χ0) is 22.6. The summed E-state index contributed by atoms with van der Waals surface area (Å²) in [5.41, 5.74) is 3.03. The molecule has 0 saturated carbocycles. The predicted octanol–water partition coefficient (Wildman–Crippen LogP) is 1.96. The fourth-order valence-corrected chi connectivity index (χ4v) is 3.02. The van der Waals surface area contributed by atoms with Crippen LogP contribution in [0.25, 0.3) is 0 Å². The topological polar surface area (TPSA) is 145 Å². The summed E-state index contributed by atoms with van der Waals surface area (Å²) >= 11 is 0. The van der Waals surface area contributed by atoms with Crippen molar-refractivity contribution in [1.29, 1.82) is 0 Å². The van der Waals surface area contributed by atoms with E-state index in [-0.39, 0.29) is 31.6 Å². The Hall–Kier alpha value is -3.38. The quantitative estimate of drug-likeness (QED) is 0.411. The number of ether oxygens (including phenoxy) is 1. The van der Waals surface area contributed by atoms with Gasteiger partial charge in [0.25, 0.3) is 11.6 Å². The highest BCUT2D eigenvalue weighted by Crippen LogP contribution is 2.37. The third kappa shape index (κ3) is 5.58. The number of hydrogen-bond acceptors (Lipinski definition) is 7. The van der Waals surface area contributed by atoms with E-state index < -0.39 is 52.3 Å². The highest BCUT2D eigenvalue weighted by molar-refractivity contribution is 5.96. The van der Waals surface area contributed by atoms with E-state index in [1.165, 1.54) is 11.8 Å². The van der Waals surface area contributed by atoms with Gasteiger partial charge in [-0.1, -0.05) is 0 Å². The molecule has 0 aromatic heterocycles. The van der Waals surface area contributed by atoms with E-state index in [9.17, 15) is 37.7 Å². The van der Waals surface area contributed by atoms with E-state index >= 15 is 0 Å². The number of imide groups is 1. The Morgan fingerprint density at radius 1 is 1.30 bits per heavy atom. The number of carbonyl (C=O) groups excluding carboxylic acids is 3. The second kappa shape index (κ2) is 8.97. The molecule has 164 valence electrons. The number of nitrogens with one attached hydrogen (secondary N) is 1. The predicted molar refractivity (Wildman–Crippen MR) is 96.3 cm³/mol. The molecule has 1 atom stereocenters. The minimum atomic E-state index is -4.71. The number of alkyl halides is 3. The van der Waals surface area contributed by atoms with Crippen LogP contribution < -0.4 is 16.0 Å². The summed E-state index contributed by atoms with van der Waals surface area (Å²) in [7, 11) is 0. The summed E-state index contributed by atoms with van der Waals surface area (Å²) in [6, 6.07) is 1.20. The molecule has 2 rings (SSSR count). The minimum Gasteiger partial charge on any atom is -0.452 e. The Bertz CT molecular complexity index is 852. The van der Waals surface area contributed by atoms with Gasteiger partial charge in [-0.15, -0.1) is 0 Å². The summed E-state index contributed by atoms with van der Waals surface area (Å²) in [5.74, 6) is -2.18. The number of anilines is 1. The molecule has 1 fully saturated rings. The fourth-order valence-electron chi connectivity index (χ4n) is 3.02. The van der Waals surface area contributed by atoms with E-state index in [1.807, 2.05) is 0 Å². The highest BCUT2D eigenvalue weighted by Gasteiger charge is 2.35. The van der Waals surface area contributed by atoms with Crippen molar-refractivity contribution >= 4 is 29.3 Å². The lowest BCUT2D eigenvalue weighted by Crippen LogP contribution is -2.44. The molecule has 3 N–H and O–H groups in total. The van der Waals surface area contributed by atoms with Crippen molar-refractivity contribution in [3.05, 3.63) is 33.9 Å². The first-order valence-corrected chi connectivity index (χ1v) is 8.81. The molecule has 1 aromatic carbocycles. The first-order valence-electron chi connectivity index (χ1n) is 8.81. The molecule has 3 amide bonds. The van der Waals surface area contributed by atoms with E-state index in [2.05, 4.69) is 0 Å². The van der Waals surface area contributed by atoms with Crippen molar-refractivity contribution in [2.45, 2.75) is 32.0 Å². The molecule has 10 nitrogen and oxygen atoms in total. The van der Waals surface area contributed by atoms with Gasteiger partial charge in [0, 0.05) is 19.2 Å². The molecule has 0 aliphatic carbocycles. The summed E-state index contributed by atoms with van der Waals surface area (Å²) in [5, 5.41) is 13.0. The Kier molecular flexibility index (Phi) is 6.84. The van der Waals surface area contributed by atoms with E-state index in [0.717, 1.165) is 12.1 Å². The van der Waals surface area contributed by atoms with Crippen LogP contribution in [-0.4, -0.2) is 42.0 Å². The van der Waals surface area contributed by atoms with Gasteiger partial charge < -0.3 is 15.4 Å². The number of amides is 3. The number of piperidine rings is 1. The molecule has 0 radical (unpaired) electrons. The van der Waals surface area contributed by atoms with Crippen LogP contribution in [-0.2, 0) is 20.5 Å². The molecule has 30 heavy (non-hydrogen) atoms.